The zero-order chi connectivity index (χ0) is 19.0. The summed E-state index contributed by atoms with van der Waals surface area (Å²) in [6.45, 7) is 3.89. The number of amides is 1. The second-order valence-corrected chi connectivity index (χ2v) is 7.40. The number of ether oxygens (including phenoxy) is 1. The number of hydrogen-bond donors (Lipinski definition) is 2. The highest BCUT2D eigenvalue weighted by molar-refractivity contribution is 7.22. The molecule has 3 N–H and O–H groups in total. The fraction of sp³-hybridized carbons (Fsp3) is 0.150. The lowest BCUT2D eigenvalue weighted by atomic mass is 10.1. The van der Waals surface area contributed by atoms with Crippen molar-refractivity contribution >= 4 is 49.2 Å². The maximum absolute atomic E-state index is 11.6. The van der Waals surface area contributed by atoms with Gasteiger partial charge in [0.05, 0.1) is 27.5 Å². The van der Waals surface area contributed by atoms with E-state index in [0.29, 0.717) is 22.1 Å². The number of fused-ring (bicyclic) bond motifs is 3. The Labute approximate surface area is 160 Å². The second kappa shape index (κ2) is 6.85. The van der Waals surface area contributed by atoms with Crippen LogP contribution in [0.1, 0.15) is 24.2 Å². The summed E-state index contributed by atoms with van der Waals surface area (Å²) in [5, 5.41) is 4.99. The van der Waals surface area contributed by atoms with E-state index in [-0.39, 0.29) is 6.10 Å². The summed E-state index contributed by atoms with van der Waals surface area (Å²) in [6, 6.07) is 13.0. The number of carbonyl (C=O) groups is 1. The van der Waals surface area contributed by atoms with Gasteiger partial charge in [-0.1, -0.05) is 11.3 Å². The lowest BCUT2D eigenvalue weighted by molar-refractivity contribution is 0.100. The zero-order valence-corrected chi connectivity index (χ0v) is 15.7. The molecular formula is C20H18N4O2S. The number of carbonyl (C=O) groups excluding carboxylic acids is 1. The van der Waals surface area contributed by atoms with Gasteiger partial charge in [-0.25, -0.2) is 4.98 Å². The minimum absolute atomic E-state index is 0.00429. The Morgan fingerprint density at radius 3 is 2.85 bits per heavy atom. The Morgan fingerprint density at radius 1 is 1.22 bits per heavy atom. The molecule has 0 aliphatic heterocycles. The van der Waals surface area contributed by atoms with Crippen LogP contribution in [0.3, 0.4) is 0 Å². The molecule has 7 heteroatoms. The summed E-state index contributed by atoms with van der Waals surface area (Å²) in [7, 11) is 0. The van der Waals surface area contributed by atoms with Crippen molar-refractivity contribution in [2.24, 2.45) is 5.73 Å². The summed E-state index contributed by atoms with van der Waals surface area (Å²) in [5.41, 5.74) is 8.28. The van der Waals surface area contributed by atoms with Gasteiger partial charge in [0.2, 0.25) is 5.91 Å². The van der Waals surface area contributed by atoms with E-state index < -0.39 is 5.91 Å². The van der Waals surface area contributed by atoms with Crippen molar-refractivity contribution in [2.45, 2.75) is 20.0 Å². The van der Waals surface area contributed by atoms with Crippen LogP contribution in [0.15, 0.2) is 48.7 Å². The molecule has 2 heterocycles. The second-order valence-electron chi connectivity index (χ2n) is 6.37. The van der Waals surface area contributed by atoms with E-state index in [1.165, 1.54) is 11.3 Å². The maximum Gasteiger partial charge on any atom is 0.248 e. The molecule has 1 amide bonds. The SMILES string of the molecule is CC(C)Oc1ccc(C(N)=O)cc1Nc1nc2c(ccc3ncccc32)s1. The molecule has 2 aromatic carbocycles. The van der Waals surface area contributed by atoms with Gasteiger partial charge in [0.15, 0.2) is 5.13 Å². The molecule has 0 aliphatic rings. The molecule has 2 aromatic heterocycles. The van der Waals surface area contributed by atoms with Gasteiger partial charge in [-0.3, -0.25) is 9.78 Å². The third kappa shape index (κ3) is 3.41. The molecule has 6 nitrogen and oxygen atoms in total. The fourth-order valence-electron chi connectivity index (χ4n) is 2.85. The van der Waals surface area contributed by atoms with Crippen LogP contribution >= 0.6 is 11.3 Å². The molecule has 136 valence electrons. The molecule has 0 fully saturated rings. The first-order valence-electron chi connectivity index (χ1n) is 8.53. The van der Waals surface area contributed by atoms with Crippen LogP contribution in [0.2, 0.25) is 0 Å². The van der Waals surface area contributed by atoms with Gasteiger partial charge in [0, 0.05) is 17.1 Å². The first-order chi connectivity index (χ1) is 13.0. The molecule has 0 aliphatic carbocycles. The normalized spacial score (nSPS) is 11.2. The number of aromatic nitrogens is 2. The summed E-state index contributed by atoms with van der Waals surface area (Å²) >= 11 is 1.53. The van der Waals surface area contributed by atoms with Crippen LogP contribution in [0.25, 0.3) is 21.1 Å². The Hall–Kier alpha value is -3.19. The fourth-order valence-corrected chi connectivity index (χ4v) is 3.74. The van der Waals surface area contributed by atoms with E-state index in [9.17, 15) is 4.79 Å². The van der Waals surface area contributed by atoms with Gasteiger partial charge in [-0.15, -0.1) is 0 Å². The van der Waals surface area contributed by atoms with Crippen molar-refractivity contribution in [3.63, 3.8) is 0 Å². The number of nitrogens with zero attached hydrogens (tertiary/aromatic N) is 2. The summed E-state index contributed by atoms with van der Waals surface area (Å²) in [5.74, 6) is 0.149. The molecule has 0 radical (unpaired) electrons. The highest BCUT2D eigenvalue weighted by Crippen LogP contribution is 2.35. The largest absolute Gasteiger partial charge is 0.489 e. The molecular weight excluding hydrogens is 360 g/mol. The number of benzene rings is 2. The molecule has 0 unspecified atom stereocenters. The van der Waals surface area contributed by atoms with Gasteiger partial charge in [-0.2, -0.15) is 0 Å². The number of anilines is 2. The van der Waals surface area contributed by atoms with Crippen LogP contribution in [0, 0.1) is 0 Å². The van der Waals surface area contributed by atoms with Crippen LogP contribution in [-0.2, 0) is 0 Å². The first kappa shape index (κ1) is 17.2. The highest BCUT2D eigenvalue weighted by Gasteiger charge is 2.13. The number of pyridine rings is 1. The van der Waals surface area contributed by atoms with Gasteiger partial charge in [0.1, 0.15) is 5.75 Å². The summed E-state index contributed by atoms with van der Waals surface area (Å²) < 4.78 is 6.90. The Morgan fingerprint density at radius 2 is 2.07 bits per heavy atom. The lowest BCUT2D eigenvalue weighted by Crippen LogP contribution is -2.12. The van der Waals surface area contributed by atoms with Gasteiger partial charge in [0.25, 0.3) is 0 Å². The van der Waals surface area contributed by atoms with Crippen molar-refractivity contribution in [3.8, 4) is 5.75 Å². The van der Waals surface area contributed by atoms with Crippen LogP contribution in [0.4, 0.5) is 10.8 Å². The Kier molecular flexibility index (Phi) is 4.37. The van der Waals surface area contributed by atoms with Crippen molar-refractivity contribution in [1.82, 2.24) is 9.97 Å². The third-order valence-corrected chi connectivity index (χ3v) is 4.94. The smallest absolute Gasteiger partial charge is 0.248 e. The number of thiazole rings is 1. The lowest BCUT2D eigenvalue weighted by Gasteiger charge is -2.15. The van der Waals surface area contributed by atoms with Gasteiger partial charge >= 0.3 is 0 Å². The third-order valence-electron chi connectivity index (χ3n) is 4.01. The first-order valence-corrected chi connectivity index (χ1v) is 9.35. The molecule has 0 saturated carbocycles. The quantitative estimate of drug-likeness (QED) is 0.534. The predicted molar refractivity (Wildman–Crippen MR) is 109 cm³/mol. The van der Waals surface area contributed by atoms with Crippen LogP contribution in [0.5, 0.6) is 5.75 Å². The highest BCUT2D eigenvalue weighted by atomic mass is 32.1. The Bertz CT molecular complexity index is 1150. The van der Waals surface area contributed by atoms with E-state index in [2.05, 4.69) is 10.3 Å². The molecule has 0 saturated heterocycles. The molecule has 0 spiro atoms. The van der Waals surface area contributed by atoms with Crippen molar-refractivity contribution in [2.75, 3.05) is 5.32 Å². The monoisotopic (exact) mass is 378 g/mol. The number of nitrogens with two attached hydrogens (primary N) is 1. The molecule has 4 aromatic rings. The summed E-state index contributed by atoms with van der Waals surface area (Å²) in [6.07, 6.45) is 1.76. The van der Waals surface area contributed by atoms with Crippen molar-refractivity contribution < 1.29 is 9.53 Å². The number of rotatable bonds is 5. The van der Waals surface area contributed by atoms with Gasteiger partial charge in [-0.05, 0) is 56.3 Å². The van der Waals surface area contributed by atoms with Crippen LogP contribution in [-0.4, -0.2) is 22.0 Å². The minimum Gasteiger partial charge on any atom is -0.489 e. The van der Waals surface area contributed by atoms with E-state index in [1.807, 2.05) is 38.1 Å². The average molecular weight is 378 g/mol. The average Bonchev–Trinajstić information content (AvgIpc) is 3.05. The minimum atomic E-state index is -0.490. The Balaban J connectivity index is 1.77. The molecule has 0 atom stereocenters. The zero-order valence-electron chi connectivity index (χ0n) is 14.9. The van der Waals surface area contributed by atoms with E-state index >= 15 is 0 Å². The number of hydrogen-bond acceptors (Lipinski definition) is 6. The van der Waals surface area contributed by atoms with E-state index in [0.717, 1.165) is 21.1 Å². The van der Waals surface area contributed by atoms with Crippen molar-refractivity contribution in [3.05, 3.63) is 54.2 Å². The standard InChI is InChI=1S/C20H18N4O2S/c1-11(2)26-16-7-5-12(19(21)25)10-15(16)23-20-24-18-13-4-3-9-22-14(13)6-8-17(18)27-20/h3-11H,1-2H3,(H2,21,25)(H,23,24). The maximum atomic E-state index is 11.6. The van der Waals surface area contributed by atoms with E-state index in [1.54, 1.807) is 24.4 Å². The van der Waals surface area contributed by atoms with Crippen molar-refractivity contribution in [1.29, 1.82) is 0 Å². The topological polar surface area (TPSA) is 90.1 Å². The molecule has 4 rings (SSSR count). The number of nitrogens with one attached hydrogen (secondary N) is 1. The molecule has 27 heavy (non-hydrogen) atoms. The van der Waals surface area contributed by atoms with E-state index in [4.69, 9.17) is 15.5 Å². The van der Waals surface area contributed by atoms with Crippen LogP contribution < -0.4 is 15.8 Å². The van der Waals surface area contributed by atoms with Gasteiger partial charge < -0.3 is 15.8 Å². The molecule has 0 bridgehead atoms. The predicted octanol–water partition coefficient (Wildman–Crippen LogP) is 4.47. The number of primary amides is 1. The summed E-state index contributed by atoms with van der Waals surface area (Å²) in [4.78, 5) is 20.7.